The van der Waals surface area contributed by atoms with Crippen LogP contribution in [0.2, 0.25) is 0 Å². The maximum absolute atomic E-state index is 13.1. The van der Waals surface area contributed by atoms with Crippen molar-refractivity contribution in [1.29, 1.82) is 0 Å². The second kappa shape index (κ2) is 11.6. The number of esters is 1. The summed E-state index contributed by atoms with van der Waals surface area (Å²) in [7, 11) is 0. The fourth-order valence-corrected chi connectivity index (χ4v) is 8.86. The summed E-state index contributed by atoms with van der Waals surface area (Å²) in [6, 6.07) is 15.4. The molecule has 1 heterocycles. The van der Waals surface area contributed by atoms with Crippen molar-refractivity contribution in [3.63, 3.8) is 0 Å². The number of nitrogens with zero attached hydrogens (tertiary/aromatic N) is 1. The van der Waals surface area contributed by atoms with Gasteiger partial charge in [-0.1, -0.05) is 56.2 Å². The zero-order chi connectivity index (χ0) is 29.7. The van der Waals surface area contributed by atoms with E-state index in [1.165, 1.54) is 61.8 Å². The molecule has 1 aliphatic heterocycles. The maximum Gasteiger partial charge on any atom is 0.339 e. The lowest BCUT2D eigenvalue weighted by atomic mass is 9.68. The summed E-state index contributed by atoms with van der Waals surface area (Å²) in [5.41, 5.74) is 3.45. The number of hydrogen-bond donors (Lipinski definition) is 0. The fraction of sp³-hybridized carbons (Fsp3) is 0.500. The van der Waals surface area contributed by atoms with E-state index < -0.39 is 5.97 Å². The first-order chi connectivity index (χ1) is 20.9. The lowest BCUT2D eigenvalue weighted by Gasteiger charge is -2.37. The third-order valence-electron chi connectivity index (χ3n) is 11.4. The van der Waals surface area contributed by atoms with Crippen LogP contribution in [0.4, 0.5) is 5.69 Å². The van der Waals surface area contributed by atoms with Crippen LogP contribution in [0.5, 0.6) is 5.75 Å². The molecule has 2 aromatic rings. The number of rotatable bonds is 6. The van der Waals surface area contributed by atoms with Crippen molar-refractivity contribution in [3.05, 3.63) is 77.4 Å². The van der Waals surface area contributed by atoms with E-state index in [-0.39, 0.29) is 35.5 Å². The number of benzene rings is 2. The molecular weight excluding hydrogens is 534 g/mol. The van der Waals surface area contributed by atoms with Gasteiger partial charge in [0.25, 0.3) is 0 Å². The van der Waals surface area contributed by atoms with Gasteiger partial charge >= 0.3 is 5.97 Å². The largest absolute Gasteiger partial charge is 0.423 e. The van der Waals surface area contributed by atoms with Crippen molar-refractivity contribution in [2.45, 2.75) is 77.6 Å². The highest BCUT2D eigenvalue weighted by Crippen LogP contribution is 2.53. The van der Waals surface area contributed by atoms with E-state index in [1.54, 1.807) is 31.2 Å². The molecule has 2 bridgehead atoms. The lowest BCUT2D eigenvalue weighted by Crippen LogP contribution is -2.32. The molecular formula is C38H43NO4. The van der Waals surface area contributed by atoms with E-state index in [4.69, 9.17) is 4.74 Å². The monoisotopic (exact) mass is 577 g/mol. The summed E-state index contributed by atoms with van der Waals surface area (Å²) < 4.78 is 5.62. The molecule has 1 saturated heterocycles. The number of imide groups is 1. The molecule has 224 valence electrons. The molecule has 43 heavy (non-hydrogen) atoms. The molecule has 0 N–H and O–H groups in total. The molecule has 5 nitrogen and oxygen atoms in total. The van der Waals surface area contributed by atoms with Gasteiger partial charge in [-0.15, -0.1) is 0 Å². The molecule has 7 rings (SSSR count). The zero-order valence-corrected chi connectivity index (χ0v) is 25.4. The Morgan fingerprint density at radius 3 is 1.91 bits per heavy atom. The predicted molar refractivity (Wildman–Crippen MR) is 168 cm³/mol. The summed E-state index contributed by atoms with van der Waals surface area (Å²) in [6.45, 7) is 4.17. The number of hydrogen-bond acceptors (Lipinski definition) is 4. The summed E-state index contributed by atoms with van der Waals surface area (Å²) in [5, 5.41) is 0. The summed E-state index contributed by atoms with van der Waals surface area (Å²) in [4.78, 5) is 40.3. The molecule has 4 aliphatic carbocycles. The molecule has 0 radical (unpaired) electrons. The smallest absolute Gasteiger partial charge is 0.339 e. The van der Waals surface area contributed by atoms with E-state index in [0.717, 1.165) is 29.7 Å². The Morgan fingerprint density at radius 1 is 0.767 bits per heavy atom. The van der Waals surface area contributed by atoms with E-state index in [9.17, 15) is 14.4 Å². The van der Waals surface area contributed by atoms with Crippen molar-refractivity contribution < 1.29 is 19.1 Å². The average Bonchev–Trinajstić information content (AvgIpc) is 3.72. The van der Waals surface area contributed by atoms with Crippen LogP contribution >= 0.6 is 0 Å². The molecule has 4 atom stereocenters. The Hall–Kier alpha value is -3.47. The quantitative estimate of drug-likeness (QED) is 0.114. The SMILES string of the molecule is C/C(=C\c1ccc(C2CCC(C3CCC(C)CC3)CC2)cc1)C(=O)Oc1ccc(N2C(=O)C3C4C=CC(C4)C3C2=O)cc1. The van der Waals surface area contributed by atoms with Gasteiger partial charge in [-0.3, -0.25) is 14.5 Å². The van der Waals surface area contributed by atoms with Crippen LogP contribution < -0.4 is 9.64 Å². The van der Waals surface area contributed by atoms with Crippen molar-refractivity contribution in [3.8, 4) is 5.75 Å². The fourth-order valence-electron chi connectivity index (χ4n) is 8.86. The Labute approximate surface area is 255 Å². The van der Waals surface area contributed by atoms with E-state index in [2.05, 4.69) is 43.3 Å². The molecule has 2 amide bonds. The molecule has 0 spiro atoms. The zero-order valence-electron chi connectivity index (χ0n) is 25.4. The third kappa shape index (κ3) is 5.41. The molecule has 3 saturated carbocycles. The third-order valence-corrected chi connectivity index (χ3v) is 11.4. The Kier molecular flexibility index (Phi) is 7.61. The summed E-state index contributed by atoms with van der Waals surface area (Å²) in [6.07, 6.45) is 18.0. The van der Waals surface area contributed by atoms with Gasteiger partial charge in [-0.25, -0.2) is 4.79 Å². The number of allylic oxidation sites excluding steroid dienone is 2. The Balaban J connectivity index is 0.926. The van der Waals surface area contributed by atoms with Crippen LogP contribution in [-0.2, 0) is 14.4 Å². The normalized spacial score (nSPS) is 33.6. The van der Waals surface area contributed by atoms with Gasteiger partial charge in [-0.05, 0) is 129 Å². The minimum Gasteiger partial charge on any atom is -0.423 e. The maximum atomic E-state index is 13.1. The summed E-state index contributed by atoms with van der Waals surface area (Å²) >= 11 is 0. The van der Waals surface area contributed by atoms with Gasteiger partial charge in [0, 0.05) is 5.57 Å². The Morgan fingerprint density at radius 2 is 1.33 bits per heavy atom. The average molecular weight is 578 g/mol. The number of anilines is 1. The van der Waals surface area contributed by atoms with Crippen LogP contribution in [-0.4, -0.2) is 17.8 Å². The molecule has 2 aromatic carbocycles. The predicted octanol–water partition coefficient (Wildman–Crippen LogP) is 8.11. The van der Waals surface area contributed by atoms with Crippen LogP contribution in [0.25, 0.3) is 6.08 Å². The molecule has 4 unspecified atom stereocenters. The van der Waals surface area contributed by atoms with Gasteiger partial charge in [0.1, 0.15) is 5.75 Å². The van der Waals surface area contributed by atoms with Gasteiger partial charge in [0.15, 0.2) is 0 Å². The van der Waals surface area contributed by atoms with Gasteiger partial charge < -0.3 is 4.74 Å². The van der Waals surface area contributed by atoms with E-state index >= 15 is 0 Å². The van der Waals surface area contributed by atoms with Gasteiger partial charge in [0.05, 0.1) is 17.5 Å². The van der Waals surface area contributed by atoms with Gasteiger partial charge in [0.2, 0.25) is 11.8 Å². The van der Waals surface area contributed by atoms with E-state index in [0.29, 0.717) is 22.9 Å². The number of ether oxygens (including phenoxy) is 1. The highest BCUT2D eigenvalue weighted by molar-refractivity contribution is 6.22. The van der Waals surface area contributed by atoms with Crippen molar-refractivity contribution in [2.75, 3.05) is 4.90 Å². The first kappa shape index (κ1) is 28.3. The molecule has 0 aromatic heterocycles. The first-order valence-corrected chi connectivity index (χ1v) is 16.5. The highest BCUT2D eigenvalue weighted by Gasteiger charge is 2.59. The number of carbonyl (C=O) groups excluding carboxylic acids is 3. The number of carbonyl (C=O) groups is 3. The second-order valence-electron chi connectivity index (χ2n) is 14.0. The van der Waals surface area contributed by atoms with Crippen molar-refractivity contribution in [1.82, 2.24) is 0 Å². The summed E-state index contributed by atoms with van der Waals surface area (Å²) in [5.74, 6) is 3.09. The first-order valence-electron chi connectivity index (χ1n) is 16.5. The van der Waals surface area contributed by atoms with Crippen LogP contribution in [0, 0.1) is 41.4 Å². The Bertz CT molecular complexity index is 1410. The second-order valence-corrected chi connectivity index (χ2v) is 14.0. The molecule has 5 heteroatoms. The van der Waals surface area contributed by atoms with Crippen molar-refractivity contribution >= 4 is 29.5 Å². The minimum absolute atomic E-state index is 0.108. The number of amides is 2. The van der Waals surface area contributed by atoms with Crippen LogP contribution in [0.3, 0.4) is 0 Å². The molecule has 4 fully saturated rings. The lowest BCUT2D eigenvalue weighted by molar-refractivity contribution is -0.130. The highest BCUT2D eigenvalue weighted by atomic mass is 16.5. The van der Waals surface area contributed by atoms with E-state index in [1.807, 2.05) is 6.08 Å². The van der Waals surface area contributed by atoms with Crippen LogP contribution in [0.15, 0.2) is 66.3 Å². The minimum atomic E-state index is -0.419. The van der Waals surface area contributed by atoms with Crippen LogP contribution in [0.1, 0.15) is 88.7 Å². The topological polar surface area (TPSA) is 63.7 Å². The van der Waals surface area contributed by atoms with Gasteiger partial charge in [-0.2, -0.15) is 0 Å². The molecule has 5 aliphatic rings. The van der Waals surface area contributed by atoms with Crippen molar-refractivity contribution in [2.24, 2.45) is 41.4 Å². The standard InChI is InChI=1S/C38H43NO4/c1-23-3-7-26(8-4-23)28-11-13-29(14-12-28)27-9-5-25(6-10-27)21-24(2)38(42)43-33-19-17-32(18-20-33)39-36(40)34-30-15-16-31(22-30)35(34)37(39)41/h5-6,9-10,15-21,23,26,28-31,34-35H,3-4,7-8,11-14,22H2,1-2H3/b24-21+. The number of fused-ring (bicyclic) bond motifs is 5.